The number of amides is 1. The predicted octanol–water partition coefficient (Wildman–Crippen LogP) is 3.18. The Morgan fingerprint density at radius 3 is 2.95 bits per heavy atom. The second-order valence-electron chi connectivity index (χ2n) is 5.47. The molecule has 1 saturated carbocycles. The quantitative estimate of drug-likeness (QED) is 0.860. The van der Waals surface area contributed by atoms with E-state index >= 15 is 0 Å². The fourth-order valence-corrected chi connectivity index (χ4v) is 2.94. The van der Waals surface area contributed by atoms with Crippen molar-refractivity contribution in [2.24, 2.45) is 0 Å². The molecule has 7 heteroatoms. The molecule has 1 N–H and O–H groups in total. The number of halogens is 1. The van der Waals surface area contributed by atoms with Crippen LogP contribution in [0.2, 0.25) is 0 Å². The van der Waals surface area contributed by atoms with E-state index in [0.717, 1.165) is 18.0 Å². The van der Waals surface area contributed by atoms with Gasteiger partial charge in [0, 0.05) is 11.7 Å². The van der Waals surface area contributed by atoms with Crippen molar-refractivity contribution in [1.29, 1.82) is 0 Å². The van der Waals surface area contributed by atoms with E-state index in [4.69, 9.17) is 0 Å². The molecule has 1 aromatic carbocycles. The molecule has 1 atom stereocenters. The van der Waals surface area contributed by atoms with Gasteiger partial charge in [-0.15, -0.1) is 10.2 Å². The average Bonchev–Trinajstić information content (AvgIpc) is 3.23. The summed E-state index contributed by atoms with van der Waals surface area (Å²) in [5.41, 5.74) is 1.02. The zero-order chi connectivity index (χ0) is 15.7. The number of benzene rings is 1. The number of carbonyl (C=O) groups excluding carboxylic acids is 1. The fourth-order valence-electron chi connectivity index (χ4n) is 2.05. The average molecular weight is 320 g/mol. The van der Waals surface area contributed by atoms with Crippen LogP contribution >= 0.6 is 11.8 Å². The van der Waals surface area contributed by atoms with Crippen LogP contribution in [0.5, 0.6) is 0 Å². The van der Waals surface area contributed by atoms with E-state index in [1.807, 2.05) is 4.57 Å². The van der Waals surface area contributed by atoms with E-state index in [2.05, 4.69) is 15.5 Å². The first-order valence-corrected chi connectivity index (χ1v) is 8.05. The normalized spacial score (nSPS) is 15.6. The number of thioether (sulfide) groups is 1. The van der Waals surface area contributed by atoms with Crippen LogP contribution in [0.3, 0.4) is 0 Å². The van der Waals surface area contributed by atoms with Crippen LogP contribution in [0.1, 0.15) is 31.4 Å². The molecule has 1 aromatic heterocycles. The van der Waals surface area contributed by atoms with Crippen molar-refractivity contribution >= 4 is 23.4 Å². The molecule has 1 amide bonds. The summed E-state index contributed by atoms with van der Waals surface area (Å²) >= 11 is 1.36. The highest BCUT2D eigenvalue weighted by Crippen LogP contribution is 2.38. The van der Waals surface area contributed by atoms with Crippen molar-refractivity contribution in [3.8, 4) is 0 Å². The Labute approximate surface area is 132 Å². The van der Waals surface area contributed by atoms with Gasteiger partial charge in [0.15, 0.2) is 5.16 Å². The maximum atomic E-state index is 13.5. The molecule has 116 valence electrons. The van der Waals surface area contributed by atoms with Gasteiger partial charge in [0.2, 0.25) is 5.91 Å². The zero-order valence-corrected chi connectivity index (χ0v) is 13.2. The molecular weight excluding hydrogens is 303 g/mol. The second kappa shape index (κ2) is 6.08. The van der Waals surface area contributed by atoms with Crippen LogP contribution in [-0.2, 0) is 4.79 Å². The largest absolute Gasteiger partial charge is 0.325 e. The molecule has 1 unspecified atom stereocenters. The number of rotatable bonds is 5. The van der Waals surface area contributed by atoms with Gasteiger partial charge in [0.1, 0.15) is 12.1 Å². The molecule has 1 aliphatic rings. The molecular formula is C15H17FN4OS. The molecule has 2 aromatic rings. The first-order chi connectivity index (χ1) is 10.5. The van der Waals surface area contributed by atoms with Gasteiger partial charge in [-0.05, 0) is 44.4 Å². The minimum Gasteiger partial charge on any atom is -0.325 e. The molecule has 22 heavy (non-hydrogen) atoms. The van der Waals surface area contributed by atoms with Gasteiger partial charge in [-0.2, -0.15) is 0 Å². The van der Waals surface area contributed by atoms with Crippen LogP contribution in [-0.4, -0.2) is 25.9 Å². The SMILES string of the molecule is Cc1ccc(NC(=O)C(C)Sc2nncn2C2CC2)cc1F. The van der Waals surface area contributed by atoms with Crippen LogP contribution in [0.4, 0.5) is 10.1 Å². The smallest absolute Gasteiger partial charge is 0.237 e. The Hall–Kier alpha value is -1.89. The molecule has 0 aliphatic heterocycles. The van der Waals surface area contributed by atoms with E-state index in [1.165, 1.54) is 17.8 Å². The number of aryl methyl sites for hydroxylation is 1. The van der Waals surface area contributed by atoms with Crippen molar-refractivity contribution in [2.75, 3.05) is 5.32 Å². The number of nitrogens with zero attached hydrogens (tertiary/aromatic N) is 3. The van der Waals surface area contributed by atoms with Crippen LogP contribution in [0.25, 0.3) is 0 Å². The standard InChI is InChI=1S/C15H17FN4OS/c1-9-3-4-11(7-13(9)16)18-14(21)10(2)22-15-19-17-8-20(15)12-5-6-12/h3-4,7-8,10,12H,5-6H2,1-2H3,(H,18,21). The highest BCUT2D eigenvalue weighted by Gasteiger charge is 2.28. The third kappa shape index (κ3) is 3.30. The maximum Gasteiger partial charge on any atom is 0.237 e. The summed E-state index contributed by atoms with van der Waals surface area (Å²) in [7, 11) is 0. The van der Waals surface area contributed by atoms with Gasteiger partial charge in [-0.25, -0.2) is 4.39 Å². The fraction of sp³-hybridized carbons (Fsp3) is 0.400. The van der Waals surface area contributed by atoms with Crippen molar-refractivity contribution in [1.82, 2.24) is 14.8 Å². The number of hydrogen-bond donors (Lipinski definition) is 1. The predicted molar refractivity (Wildman–Crippen MR) is 83.4 cm³/mol. The molecule has 1 heterocycles. The first-order valence-electron chi connectivity index (χ1n) is 7.18. The maximum absolute atomic E-state index is 13.5. The number of aromatic nitrogens is 3. The Morgan fingerprint density at radius 2 is 2.27 bits per heavy atom. The van der Waals surface area contributed by atoms with Crippen LogP contribution in [0, 0.1) is 12.7 Å². The summed E-state index contributed by atoms with van der Waals surface area (Å²) in [6, 6.07) is 5.14. The lowest BCUT2D eigenvalue weighted by Crippen LogP contribution is -2.23. The number of carbonyl (C=O) groups is 1. The molecule has 1 fully saturated rings. The molecule has 3 rings (SSSR count). The Balaban J connectivity index is 1.63. The lowest BCUT2D eigenvalue weighted by atomic mass is 10.2. The highest BCUT2D eigenvalue weighted by atomic mass is 32.2. The van der Waals surface area contributed by atoms with Gasteiger partial charge >= 0.3 is 0 Å². The van der Waals surface area contributed by atoms with E-state index in [1.54, 1.807) is 32.3 Å². The highest BCUT2D eigenvalue weighted by molar-refractivity contribution is 8.00. The lowest BCUT2D eigenvalue weighted by molar-refractivity contribution is -0.115. The molecule has 1 aliphatic carbocycles. The van der Waals surface area contributed by atoms with Crippen molar-refractivity contribution in [3.05, 3.63) is 35.9 Å². The van der Waals surface area contributed by atoms with Gasteiger partial charge < -0.3 is 9.88 Å². The number of hydrogen-bond acceptors (Lipinski definition) is 4. The minimum atomic E-state index is -0.342. The number of nitrogens with one attached hydrogen (secondary N) is 1. The van der Waals surface area contributed by atoms with Crippen LogP contribution < -0.4 is 5.32 Å². The Kier molecular flexibility index (Phi) is 4.15. The van der Waals surface area contributed by atoms with Gasteiger partial charge in [-0.3, -0.25) is 4.79 Å². The molecule has 0 saturated heterocycles. The van der Waals surface area contributed by atoms with Gasteiger partial charge in [-0.1, -0.05) is 17.8 Å². The van der Waals surface area contributed by atoms with Gasteiger partial charge in [0.25, 0.3) is 0 Å². The summed E-state index contributed by atoms with van der Waals surface area (Å²) in [5.74, 6) is -0.509. The third-order valence-corrected chi connectivity index (χ3v) is 4.64. The van der Waals surface area contributed by atoms with E-state index < -0.39 is 0 Å². The second-order valence-corrected chi connectivity index (χ2v) is 6.77. The monoisotopic (exact) mass is 320 g/mol. The summed E-state index contributed by atoms with van der Waals surface area (Å²) in [6.45, 7) is 3.49. The molecule has 0 radical (unpaired) electrons. The zero-order valence-electron chi connectivity index (χ0n) is 12.4. The summed E-state index contributed by atoms with van der Waals surface area (Å²) in [6.07, 6.45) is 3.98. The van der Waals surface area contributed by atoms with Crippen molar-refractivity contribution < 1.29 is 9.18 Å². The van der Waals surface area contributed by atoms with Gasteiger partial charge in [0.05, 0.1) is 5.25 Å². The molecule has 0 spiro atoms. The van der Waals surface area contributed by atoms with Crippen molar-refractivity contribution in [3.63, 3.8) is 0 Å². The summed E-state index contributed by atoms with van der Waals surface area (Å²) < 4.78 is 15.5. The van der Waals surface area contributed by atoms with E-state index in [0.29, 0.717) is 17.3 Å². The first kappa shape index (κ1) is 15.0. The Bertz CT molecular complexity index is 699. The topological polar surface area (TPSA) is 59.8 Å². The van der Waals surface area contributed by atoms with Crippen LogP contribution in [0.15, 0.2) is 29.7 Å². The molecule has 5 nitrogen and oxygen atoms in total. The Morgan fingerprint density at radius 1 is 1.50 bits per heavy atom. The third-order valence-electron chi connectivity index (χ3n) is 3.57. The lowest BCUT2D eigenvalue weighted by Gasteiger charge is -2.12. The minimum absolute atomic E-state index is 0.182. The molecule has 0 bridgehead atoms. The summed E-state index contributed by atoms with van der Waals surface area (Å²) in [5, 5.41) is 11.1. The van der Waals surface area contributed by atoms with E-state index in [9.17, 15) is 9.18 Å². The van der Waals surface area contributed by atoms with Crippen molar-refractivity contribution in [2.45, 2.75) is 43.1 Å². The van der Waals surface area contributed by atoms with E-state index in [-0.39, 0.29) is 17.0 Å². The summed E-state index contributed by atoms with van der Waals surface area (Å²) in [4.78, 5) is 12.2. The number of anilines is 1.